The zero-order chi connectivity index (χ0) is 17.1. The maximum atomic E-state index is 13.9. The molecular formula is C17H21F2N3O. The molecule has 6 heteroatoms. The summed E-state index contributed by atoms with van der Waals surface area (Å²) in [4.78, 5) is 13.8. The molecule has 0 saturated carbocycles. The van der Waals surface area contributed by atoms with Crippen molar-refractivity contribution in [2.45, 2.75) is 33.2 Å². The first-order valence-corrected chi connectivity index (χ1v) is 7.56. The minimum atomic E-state index is -0.608. The molecule has 0 fully saturated rings. The van der Waals surface area contributed by atoms with E-state index in [0.717, 1.165) is 30.3 Å². The molecular weight excluding hydrogens is 300 g/mol. The minimum absolute atomic E-state index is 0.138. The monoisotopic (exact) mass is 321 g/mol. The van der Waals surface area contributed by atoms with Gasteiger partial charge in [0.15, 0.2) is 0 Å². The highest BCUT2D eigenvalue weighted by Gasteiger charge is 2.23. The zero-order valence-electron chi connectivity index (χ0n) is 13.7. The Hall–Kier alpha value is -2.24. The van der Waals surface area contributed by atoms with Gasteiger partial charge >= 0.3 is 0 Å². The molecule has 0 saturated heterocycles. The number of rotatable bonds is 5. The molecule has 1 heterocycles. The summed E-state index contributed by atoms with van der Waals surface area (Å²) in [7, 11) is 1.55. The molecule has 0 aliphatic carbocycles. The average Bonchev–Trinajstić information content (AvgIpc) is 2.95. The van der Waals surface area contributed by atoms with E-state index in [-0.39, 0.29) is 17.2 Å². The van der Waals surface area contributed by atoms with Gasteiger partial charge in [0.05, 0.1) is 6.04 Å². The Balaban J connectivity index is 2.18. The van der Waals surface area contributed by atoms with Crippen molar-refractivity contribution in [2.75, 3.05) is 7.05 Å². The quantitative estimate of drug-likeness (QED) is 0.912. The molecule has 0 spiro atoms. The summed E-state index contributed by atoms with van der Waals surface area (Å²) < 4.78 is 27.2. The standard InChI is InChI=1S/C17H21F2N3O/c1-10(2)7-13-9-16(21-20-13)17(23)22(4)11(3)14-8-12(18)5-6-15(14)19/h5-6,8-11H,7H2,1-4H3,(H,20,21). The van der Waals surface area contributed by atoms with Gasteiger partial charge in [0.25, 0.3) is 5.91 Å². The van der Waals surface area contributed by atoms with Crippen molar-refractivity contribution >= 4 is 5.91 Å². The maximum Gasteiger partial charge on any atom is 0.274 e. The molecule has 1 atom stereocenters. The van der Waals surface area contributed by atoms with Crippen molar-refractivity contribution in [1.29, 1.82) is 0 Å². The van der Waals surface area contributed by atoms with Crippen molar-refractivity contribution in [3.63, 3.8) is 0 Å². The highest BCUT2D eigenvalue weighted by Crippen LogP contribution is 2.24. The summed E-state index contributed by atoms with van der Waals surface area (Å²) in [5, 5.41) is 6.86. The summed E-state index contributed by atoms with van der Waals surface area (Å²) in [6, 6.07) is 4.32. The lowest BCUT2D eigenvalue weighted by atomic mass is 10.1. The normalized spacial score (nSPS) is 12.5. The van der Waals surface area contributed by atoms with Gasteiger partial charge in [0, 0.05) is 18.3 Å². The lowest BCUT2D eigenvalue weighted by Crippen LogP contribution is -2.30. The van der Waals surface area contributed by atoms with Crippen molar-refractivity contribution in [2.24, 2.45) is 5.92 Å². The maximum absolute atomic E-state index is 13.9. The number of H-pyrrole nitrogens is 1. The Labute approximate surface area is 134 Å². The highest BCUT2D eigenvalue weighted by atomic mass is 19.1. The van der Waals surface area contributed by atoms with Gasteiger partial charge in [-0.15, -0.1) is 0 Å². The van der Waals surface area contributed by atoms with Gasteiger partial charge in [-0.25, -0.2) is 8.78 Å². The molecule has 1 aromatic heterocycles. The fourth-order valence-electron chi connectivity index (χ4n) is 2.42. The van der Waals surface area contributed by atoms with Gasteiger partial charge in [-0.2, -0.15) is 5.10 Å². The molecule has 1 unspecified atom stereocenters. The Morgan fingerprint density at radius 2 is 1.96 bits per heavy atom. The number of halogens is 2. The van der Waals surface area contributed by atoms with Crippen LogP contribution in [0, 0.1) is 17.6 Å². The van der Waals surface area contributed by atoms with Crippen molar-refractivity contribution < 1.29 is 13.6 Å². The molecule has 4 nitrogen and oxygen atoms in total. The Kier molecular flexibility index (Phi) is 5.13. The van der Waals surface area contributed by atoms with Gasteiger partial charge in [0.2, 0.25) is 0 Å². The number of hydrogen-bond donors (Lipinski definition) is 1. The predicted molar refractivity (Wildman–Crippen MR) is 84.0 cm³/mol. The van der Waals surface area contributed by atoms with Crippen LogP contribution in [0.3, 0.4) is 0 Å². The fourth-order valence-corrected chi connectivity index (χ4v) is 2.42. The molecule has 2 rings (SSSR count). The summed E-state index contributed by atoms with van der Waals surface area (Å²) in [6.07, 6.45) is 0.790. The van der Waals surface area contributed by atoms with Crippen LogP contribution in [0.2, 0.25) is 0 Å². The third kappa shape index (κ3) is 3.94. The number of nitrogens with zero attached hydrogens (tertiary/aromatic N) is 2. The van der Waals surface area contributed by atoms with E-state index in [0.29, 0.717) is 5.92 Å². The molecule has 2 aromatic rings. The molecule has 124 valence electrons. The lowest BCUT2D eigenvalue weighted by Gasteiger charge is -2.25. The Morgan fingerprint density at radius 3 is 2.61 bits per heavy atom. The number of hydrogen-bond acceptors (Lipinski definition) is 2. The second-order valence-corrected chi connectivity index (χ2v) is 6.13. The van der Waals surface area contributed by atoms with Crippen LogP contribution in [0.5, 0.6) is 0 Å². The molecule has 0 bridgehead atoms. The van der Waals surface area contributed by atoms with Crippen molar-refractivity contribution in [3.05, 3.63) is 52.9 Å². The van der Waals surface area contributed by atoms with Crippen molar-refractivity contribution in [3.8, 4) is 0 Å². The van der Waals surface area contributed by atoms with Crippen LogP contribution >= 0.6 is 0 Å². The smallest absolute Gasteiger partial charge is 0.274 e. The summed E-state index contributed by atoms with van der Waals surface area (Å²) >= 11 is 0. The number of benzene rings is 1. The van der Waals surface area contributed by atoms with Gasteiger partial charge in [-0.1, -0.05) is 13.8 Å². The summed E-state index contributed by atoms with van der Waals surface area (Å²) in [5.41, 5.74) is 1.28. The molecule has 1 aromatic carbocycles. The topological polar surface area (TPSA) is 49.0 Å². The largest absolute Gasteiger partial charge is 0.333 e. The van der Waals surface area contributed by atoms with Gasteiger partial charge in [-0.05, 0) is 43.5 Å². The number of amides is 1. The number of aromatic amines is 1. The van der Waals surface area contributed by atoms with E-state index in [1.54, 1.807) is 20.0 Å². The van der Waals surface area contributed by atoms with E-state index in [2.05, 4.69) is 24.0 Å². The van der Waals surface area contributed by atoms with Crippen LogP contribution in [0.15, 0.2) is 24.3 Å². The van der Waals surface area contributed by atoms with E-state index in [4.69, 9.17) is 0 Å². The highest BCUT2D eigenvalue weighted by molar-refractivity contribution is 5.92. The van der Waals surface area contributed by atoms with E-state index >= 15 is 0 Å². The van der Waals surface area contributed by atoms with Crippen LogP contribution < -0.4 is 0 Å². The predicted octanol–water partition coefficient (Wildman–Crippen LogP) is 3.72. The average molecular weight is 321 g/mol. The fraction of sp³-hybridized carbons (Fsp3) is 0.412. The first-order valence-electron chi connectivity index (χ1n) is 7.56. The Morgan fingerprint density at radius 1 is 1.26 bits per heavy atom. The van der Waals surface area contributed by atoms with E-state index in [1.165, 1.54) is 4.90 Å². The number of carbonyl (C=O) groups is 1. The molecule has 1 amide bonds. The third-order valence-corrected chi connectivity index (χ3v) is 3.79. The Bertz CT molecular complexity index is 697. The number of aromatic nitrogens is 2. The molecule has 0 radical (unpaired) electrons. The van der Waals surface area contributed by atoms with Gasteiger partial charge in [-0.3, -0.25) is 9.89 Å². The molecule has 23 heavy (non-hydrogen) atoms. The zero-order valence-corrected chi connectivity index (χ0v) is 13.7. The summed E-state index contributed by atoms with van der Waals surface area (Å²) in [5.74, 6) is -0.974. The molecule has 0 aliphatic rings. The van der Waals surface area contributed by atoms with E-state index in [9.17, 15) is 13.6 Å². The van der Waals surface area contributed by atoms with E-state index < -0.39 is 17.7 Å². The van der Waals surface area contributed by atoms with E-state index in [1.807, 2.05) is 0 Å². The number of nitrogens with one attached hydrogen (secondary N) is 1. The van der Waals surface area contributed by atoms with Gasteiger partial charge < -0.3 is 4.90 Å². The van der Waals surface area contributed by atoms with Crippen LogP contribution in [0.1, 0.15) is 48.6 Å². The second-order valence-electron chi connectivity index (χ2n) is 6.13. The number of carbonyl (C=O) groups excluding carboxylic acids is 1. The van der Waals surface area contributed by atoms with Crippen molar-refractivity contribution in [1.82, 2.24) is 15.1 Å². The minimum Gasteiger partial charge on any atom is -0.333 e. The van der Waals surface area contributed by atoms with Crippen LogP contribution in [-0.4, -0.2) is 28.1 Å². The molecule has 1 N–H and O–H groups in total. The first kappa shape index (κ1) is 17.1. The van der Waals surface area contributed by atoms with Crippen LogP contribution in [0.4, 0.5) is 8.78 Å². The lowest BCUT2D eigenvalue weighted by molar-refractivity contribution is 0.0734. The van der Waals surface area contributed by atoms with Crippen LogP contribution in [0.25, 0.3) is 0 Å². The van der Waals surface area contributed by atoms with Gasteiger partial charge in [0.1, 0.15) is 17.3 Å². The summed E-state index contributed by atoms with van der Waals surface area (Å²) in [6.45, 7) is 5.80. The molecule has 0 aliphatic heterocycles. The second kappa shape index (κ2) is 6.89. The first-order chi connectivity index (χ1) is 10.8. The SMILES string of the molecule is CC(C)Cc1cc(C(=O)N(C)C(C)c2cc(F)ccc2F)n[nH]1. The third-order valence-electron chi connectivity index (χ3n) is 3.79. The van der Waals surface area contributed by atoms with Crippen LogP contribution in [-0.2, 0) is 6.42 Å².